The molecule has 0 aliphatic carbocycles. The van der Waals surface area contributed by atoms with Gasteiger partial charge in [0.15, 0.2) is 0 Å². The maximum atomic E-state index is 12.5. The van der Waals surface area contributed by atoms with Gasteiger partial charge in [-0.25, -0.2) is 4.98 Å². The number of thioether (sulfide) groups is 1. The Morgan fingerprint density at radius 1 is 1.50 bits per heavy atom. The van der Waals surface area contributed by atoms with Gasteiger partial charge in [0.1, 0.15) is 0 Å². The minimum atomic E-state index is 0.302. The average molecular weight is 353 g/mol. The molecule has 1 fully saturated rings. The molecule has 0 spiro atoms. The number of nitrogens with zero attached hydrogens (tertiary/aromatic N) is 2. The Bertz CT molecular complexity index is 609. The van der Waals surface area contributed by atoms with Crippen molar-refractivity contribution in [1.82, 2.24) is 9.88 Å². The van der Waals surface area contributed by atoms with E-state index in [1.54, 1.807) is 34.4 Å². The Morgan fingerprint density at radius 3 is 3.14 bits per heavy atom. The van der Waals surface area contributed by atoms with E-state index in [1.165, 1.54) is 5.56 Å². The van der Waals surface area contributed by atoms with E-state index in [1.807, 2.05) is 6.92 Å². The number of thiophene rings is 1. The van der Waals surface area contributed by atoms with Crippen LogP contribution in [0.1, 0.15) is 41.6 Å². The lowest BCUT2D eigenvalue weighted by molar-refractivity contribution is -0.131. The molecule has 0 bridgehead atoms. The predicted octanol–water partition coefficient (Wildman–Crippen LogP) is 4.50. The summed E-state index contributed by atoms with van der Waals surface area (Å²) in [4.78, 5) is 19.0. The minimum Gasteiger partial charge on any atom is -0.336 e. The molecule has 6 heteroatoms. The fourth-order valence-corrected chi connectivity index (χ4v) is 5.08. The van der Waals surface area contributed by atoms with Crippen molar-refractivity contribution in [2.24, 2.45) is 0 Å². The Hall–Kier alpha value is -0.850. The van der Waals surface area contributed by atoms with E-state index in [9.17, 15) is 4.79 Å². The molecule has 3 heterocycles. The highest BCUT2D eigenvalue weighted by molar-refractivity contribution is 7.98. The molecule has 1 atom stereocenters. The highest BCUT2D eigenvalue weighted by atomic mass is 32.2. The van der Waals surface area contributed by atoms with Crippen molar-refractivity contribution >= 4 is 40.3 Å². The van der Waals surface area contributed by atoms with Crippen molar-refractivity contribution in [2.45, 2.75) is 38.0 Å². The first kappa shape index (κ1) is 16.0. The Labute approximate surface area is 143 Å². The molecule has 0 radical (unpaired) electrons. The summed E-state index contributed by atoms with van der Waals surface area (Å²) in [5.41, 5.74) is 2.44. The molecule has 1 aliphatic rings. The lowest BCUT2D eigenvalue weighted by Crippen LogP contribution is -2.30. The molecule has 0 aromatic carbocycles. The van der Waals surface area contributed by atoms with E-state index < -0.39 is 0 Å². The van der Waals surface area contributed by atoms with Crippen molar-refractivity contribution in [3.8, 4) is 0 Å². The molecule has 1 amide bonds. The van der Waals surface area contributed by atoms with Crippen LogP contribution in [0.2, 0.25) is 0 Å². The number of carbonyl (C=O) groups excluding carboxylic acids is 1. The van der Waals surface area contributed by atoms with Crippen molar-refractivity contribution in [2.75, 3.05) is 12.3 Å². The number of amides is 1. The van der Waals surface area contributed by atoms with E-state index in [0.29, 0.717) is 18.4 Å². The van der Waals surface area contributed by atoms with Crippen molar-refractivity contribution in [3.63, 3.8) is 0 Å². The standard InChI is InChI=1S/C16H20N2OS3/c1-12-17-14(11-22-12)10-21-8-5-16(19)18-6-2-3-15(18)13-4-7-20-9-13/h4,7,9,11,15H,2-3,5-6,8,10H2,1H3/t15-/m0/s1. The van der Waals surface area contributed by atoms with Crippen molar-refractivity contribution < 1.29 is 4.79 Å². The second-order valence-electron chi connectivity index (χ2n) is 5.46. The molecule has 118 valence electrons. The van der Waals surface area contributed by atoms with Gasteiger partial charge in [-0.1, -0.05) is 0 Å². The maximum absolute atomic E-state index is 12.5. The topological polar surface area (TPSA) is 33.2 Å². The van der Waals surface area contributed by atoms with Crippen LogP contribution in [0.15, 0.2) is 22.2 Å². The second kappa shape index (κ2) is 7.62. The number of carbonyl (C=O) groups is 1. The average Bonchev–Trinajstić information content (AvgIpc) is 3.23. The van der Waals surface area contributed by atoms with Crippen LogP contribution >= 0.6 is 34.4 Å². The van der Waals surface area contributed by atoms with Crippen LogP contribution in [0.5, 0.6) is 0 Å². The number of aryl methyl sites for hydroxylation is 1. The van der Waals surface area contributed by atoms with Gasteiger partial charge in [-0.3, -0.25) is 4.79 Å². The smallest absolute Gasteiger partial charge is 0.223 e. The zero-order valence-corrected chi connectivity index (χ0v) is 15.1. The molecule has 0 unspecified atom stereocenters. The summed E-state index contributed by atoms with van der Waals surface area (Å²) in [5.74, 6) is 2.09. The molecule has 2 aromatic heterocycles. The van der Waals surface area contributed by atoms with Crippen LogP contribution < -0.4 is 0 Å². The van der Waals surface area contributed by atoms with E-state index in [4.69, 9.17) is 0 Å². The van der Waals surface area contributed by atoms with Gasteiger partial charge >= 0.3 is 0 Å². The normalized spacial score (nSPS) is 18.0. The molecule has 3 rings (SSSR count). The van der Waals surface area contributed by atoms with E-state index in [0.717, 1.165) is 41.6 Å². The molecular formula is C16H20N2OS3. The second-order valence-corrected chi connectivity index (χ2v) is 8.41. The van der Waals surface area contributed by atoms with Gasteiger partial charge < -0.3 is 4.90 Å². The summed E-state index contributed by atoms with van der Waals surface area (Å²) in [5, 5.41) is 7.50. The third-order valence-electron chi connectivity index (χ3n) is 3.88. The molecule has 0 saturated carbocycles. The summed E-state index contributed by atoms with van der Waals surface area (Å²) in [6.45, 7) is 2.94. The third kappa shape index (κ3) is 3.91. The lowest BCUT2D eigenvalue weighted by Gasteiger charge is -2.24. The summed E-state index contributed by atoms with van der Waals surface area (Å²) < 4.78 is 0. The summed E-state index contributed by atoms with van der Waals surface area (Å²) >= 11 is 5.21. The number of likely N-dealkylation sites (tertiary alicyclic amines) is 1. The van der Waals surface area contributed by atoms with Gasteiger partial charge in [0.05, 0.1) is 16.7 Å². The number of hydrogen-bond donors (Lipinski definition) is 0. The van der Waals surface area contributed by atoms with Crippen LogP contribution in [-0.4, -0.2) is 28.1 Å². The molecule has 1 aliphatic heterocycles. The van der Waals surface area contributed by atoms with Crippen LogP contribution in [0.25, 0.3) is 0 Å². The van der Waals surface area contributed by atoms with Gasteiger partial charge in [-0.2, -0.15) is 23.1 Å². The maximum Gasteiger partial charge on any atom is 0.223 e. The summed E-state index contributed by atoms with van der Waals surface area (Å²) in [6, 6.07) is 2.46. The fourth-order valence-electron chi connectivity index (χ4n) is 2.83. The first-order valence-electron chi connectivity index (χ1n) is 7.54. The molecule has 1 saturated heterocycles. The Balaban J connectivity index is 1.45. The SMILES string of the molecule is Cc1nc(CSCCC(=O)N2CCC[C@H]2c2ccsc2)cs1. The van der Waals surface area contributed by atoms with Crippen molar-refractivity contribution in [1.29, 1.82) is 0 Å². The largest absolute Gasteiger partial charge is 0.336 e. The highest BCUT2D eigenvalue weighted by Gasteiger charge is 2.29. The number of rotatable bonds is 6. The van der Waals surface area contributed by atoms with E-state index in [2.05, 4.69) is 32.1 Å². The van der Waals surface area contributed by atoms with Gasteiger partial charge in [0, 0.05) is 29.9 Å². The van der Waals surface area contributed by atoms with Gasteiger partial charge in [-0.05, 0) is 42.2 Å². The first-order valence-corrected chi connectivity index (χ1v) is 10.5. The van der Waals surface area contributed by atoms with Crippen LogP contribution in [0.3, 0.4) is 0 Å². The fraction of sp³-hybridized carbons (Fsp3) is 0.500. The van der Waals surface area contributed by atoms with Crippen molar-refractivity contribution in [3.05, 3.63) is 38.5 Å². The Kier molecular flexibility index (Phi) is 5.55. The monoisotopic (exact) mass is 352 g/mol. The van der Waals surface area contributed by atoms with Gasteiger partial charge in [0.2, 0.25) is 5.91 Å². The number of aromatic nitrogens is 1. The van der Waals surface area contributed by atoms with E-state index in [-0.39, 0.29) is 0 Å². The Morgan fingerprint density at radius 2 is 2.41 bits per heavy atom. The molecule has 3 nitrogen and oxygen atoms in total. The van der Waals surface area contributed by atoms with Crippen LogP contribution in [-0.2, 0) is 10.5 Å². The number of thiazole rings is 1. The predicted molar refractivity (Wildman–Crippen MR) is 95.6 cm³/mol. The van der Waals surface area contributed by atoms with Gasteiger partial charge in [-0.15, -0.1) is 11.3 Å². The first-order chi connectivity index (χ1) is 10.7. The van der Waals surface area contributed by atoms with E-state index >= 15 is 0 Å². The number of hydrogen-bond acceptors (Lipinski definition) is 5. The lowest BCUT2D eigenvalue weighted by atomic mass is 10.1. The molecule has 0 N–H and O–H groups in total. The highest BCUT2D eigenvalue weighted by Crippen LogP contribution is 2.33. The minimum absolute atomic E-state index is 0.302. The third-order valence-corrected chi connectivity index (χ3v) is 6.39. The summed E-state index contributed by atoms with van der Waals surface area (Å²) in [6.07, 6.45) is 2.86. The molecule has 2 aromatic rings. The molecular weight excluding hydrogens is 332 g/mol. The zero-order valence-electron chi connectivity index (χ0n) is 12.7. The summed E-state index contributed by atoms with van der Waals surface area (Å²) in [7, 11) is 0. The van der Waals surface area contributed by atoms with Crippen LogP contribution in [0.4, 0.5) is 0 Å². The van der Waals surface area contributed by atoms with Crippen LogP contribution in [0, 0.1) is 6.92 Å². The van der Waals surface area contributed by atoms with Gasteiger partial charge in [0.25, 0.3) is 0 Å². The quantitative estimate of drug-likeness (QED) is 0.718. The molecule has 22 heavy (non-hydrogen) atoms. The zero-order chi connectivity index (χ0) is 15.4.